The van der Waals surface area contributed by atoms with Crippen LogP contribution in [0.1, 0.15) is 6.92 Å². The molecule has 3 amide bonds. The van der Waals surface area contributed by atoms with Gasteiger partial charge in [-0.2, -0.15) is 0 Å². The summed E-state index contributed by atoms with van der Waals surface area (Å²) in [6.45, 7) is 1.40. The first-order valence-electron chi connectivity index (χ1n) is 5.90. The fourth-order valence-corrected chi connectivity index (χ4v) is 1.39. The van der Waals surface area contributed by atoms with Gasteiger partial charge in [0.15, 0.2) is 17.6 Å². The Hall–Kier alpha value is -2.84. The number of ether oxygens (including phenoxy) is 2. The lowest BCUT2D eigenvalue weighted by molar-refractivity contribution is -0.385. The summed E-state index contributed by atoms with van der Waals surface area (Å²) in [5.41, 5.74) is -0.204. The van der Waals surface area contributed by atoms with E-state index in [1.165, 1.54) is 33.2 Å². The Morgan fingerprint density at radius 3 is 2.52 bits per heavy atom. The van der Waals surface area contributed by atoms with Crippen LogP contribution in [0.2, 0.25) is 0 Å². The lowest BCUT2D eigenvalue weighted by Crippen LogP contribution is -2.44. The van der Waals surface area contributed by atoms with Gasteiger partial charge in [-0.3, -0.25) is 20.2 Å². The molecule has 9 heteroatoms. The van der Waals surface area contributed by atoms with Crippen molar-refractivity contribution in [1.82, 2.24) is 10.6 Å². The molecular weight excluding hydrogens is 282 g/mol. The number of nitrogens with zero attached hydrogens (tertiary/aromatic N) is 1. The second-order valence-corrected chi connectivity index (χ2v) is 3.92. The fourth-order valence-electron chi connectivity index (χ4n) is 1.39. The summed E-state index contributed by atoms with van der Waals surface area (Å²) >= 11 is 0. The van der Waals surface area contributed by atoms with Crippen LogP contribution in [-0.4, -0.2) is 37.1 Å². The van der Waals surface area contributed by atoms with Crippen molar-refractivity contribution in [1.29, 1.82) is 0 Å². The minimum absolute atomic E-state index is 0.0336. The Balaban J connectivity index is 2.89. The minimum Gasteiger partial charge on any atom is -0.493 e. The summed E-state index contributed by atoms with van der Waals surface area (Å²) < 4.78 is 10.3. The molecule has 0 aliphatic rings. The molecule has 0 aliphatic carbocycles. The average Bonchev–Trinajstić information content (AvgIpc) is 2.46. The summed E-state index contributed by atoms with van der Waals surface area (Å²) in [7, 11) is 2.72. The smallest absolute Gasteiger partial charge is 0.321 e. The maximum atomic E-state index is 11.7. The van der Waals surface area contributed by atoms with Gasteiger partial charge in [0.2, 0.25) is 0 Å². The van der Waals surface area contributed by atoms with Gasteiger partial charge < -0.3 is 14.8 Å². The lowest BCUT2D eigenvalue weighted by atomic mass is 10.2. The van der Waals surface area contributed by atoms with Gasteiger partial charge in [0.1, 0.15) is 0 Å². The predicted molar refractivity (Wildman–Crippen MR) is 72.3 cm³/mol. The third-order valence-electron chi connectivity index (χ3n) is 2.49. The zero-order valence-corrected chi connectivity index (χ0v) is 11.7. The topological polar surface area (TPSA) is 120 Å². The lowest BCUT2D eigenvalue weighted by Gasteiger charge is -2.15. The van der Waals surface area contributed by atoms with Crippen molar-refractivity contribution in [3.63, 3.8) is 0 Å². The molecule has 1 rings (SSSR count). The Bertz CT molecular complexity index is 560. The molecule has 0 spiro atoms. The van der Waals surface area contributed by atoms with E-state index in [4.69, 9.17) is 9.47 Å². The van der Waals surface area contributed by atoms with Gasteiger partial charge in [-0.05, 0) is 13.0 Å². The number of non-ortho nitro benzene ring substituents is 1. The quantitative estimate of drug-likeness (QED) is 0.613. The number of urea groups is 1. The number of benzene rings is 1. The van der Waals surface area contributed by atoms with Crippen molar-refractivity contribution >= 4 is 17.6 Å². The number of carbonyl (C=O) groups is 2. The van der Waals surface area contributed by atoms with Crippen LogP contribution in [0.5, 0.6) is 11.5 Å². The molecule has 0 heterocycles. The van der Waals surface area contributed by atoms with E-state index in [-0.39, 0.29) is 17.2 Å². The van der Waals surface area contributed by atoms with E-state index in [2.05, 4.69) is 5.32 Å². The Morgan fingerprint density at radius 1 is 1.33 bits per heavy atom. The normalized spacial score (nSPS) is 11.2. The molecule has 0 fully saturated rings. The van der Waals surface area contributed by atoms with Crippen LogP contribution in [0.4, 0.5) is 10.5 Å². The van der Waals surface area contributed by atoms with E-state index in [1.807, 2.05) is 5.32 Å². The molecule has 2 N–H and O–H groups in total. The number of imide groups is 1. The Labute approximate surface area is 120 Å². The molecule has 0 bridgehead atoms. The number of hydrogen-bond donors (Lipinski definition) is 2. The SMILES string of the molecule is CNC(=O)NC(=O)C(C)Oc1cc([N+](=O)[O-])ccc1OC. The van der Waals surface area contributed by atoms with Crippen molar-refractivity contribution < 1.29 is 24.0 Å². The molecular formula is C12H15N3O6. The molecule has 1 unspecified atom stereocenters. The molecule has 0 aromatic heterocycles. The highest BCUT2D eigenvalue weighted by Crippen LogP contribution is 2.31. The first-order chi connectivity index (χ1) is 9.88. The highest BCUT2D eigenvalue weighted by Gasteiger charge is 2.20. The Morgan fingerprint density at radius 2 is 2.00 bits per heavy atom. The summed E-state index contributed by atoms with van der Waals surface area (Å²) in [5, 5.41) is 15.0. The van der Waals surface area contributed by atoms with E-state index in [0.717, 1.165) is 6.07 Å². The first kappa shape index (κ1) is 16.2. The molecule has 9 nitrogen and oxygen atoms in total. The number of nitro groups is 1. The number of amides is 3. The zero-order chi connectivity index (χ0) is 16.0. The molecule has 114 valence electrons. The molecule has 1 aromatic carbocycles. The fraction of sp³-hybridized carbons (Fsp3) is 0.333. The van der Waals surface area contributed by atoms with E-state index in [9.17, 15) is 19.7 Å². The van der Waals surface area contributed by atoms with Gasteiger partial charge in [-0.25, -0.2) is 4.79 Å². The van der Waals surface area contributed by atoms with E-state index in [1.54, 1.807) is 0 Å². The maximum absolute atomic E-state index is 11.7. The summed E-state index contributed by atoms with van der Waals surface area (Å²) in [5.74, 6) is -0.422. The van der Waals surface area contributed by atoms with Gasteiger partial charge in [0, 0.05) is 13.1 Å². The van der Waals surface area contributed by atoms with Crippen LogP contribution in [0.25, 0.3) is 0 Å². The van der Waals surface area contributed by atoms with Crippen LogP contribution in [0, 0.1) is 10.1 Å². The van der Waals surface area contributed by atoms with E-state index < -0.39 is 23.0 Å². The highest BCUT2D eigenvalue weighted by atomic mass is 16.6. The number of carbonyl (C=O) groups excluding carboxylic acids is 2. The molecule has 21 heavy (non-hydrogen) atoms. The molecule has 1 aromatic rings. The third kappa shape index (κ3) is 4.34. The first-order valence-corrected chi connectivity index (χ1v) is 5.90. The van der Waals surface area contributed by atoms with Crippen molar-refractivity contribution in [2.24, 2.45) is 0 Å². The zero-order valence-electron chi connectivity index (χ0n) is 11.7. The largest absolute Gasteiger partial charge is 0.493 e. The van der Waals surface area contributed by atoms with Crippen LogP contribution >= 0.6 is 0 Å². The second kappa shape index (κ2) is 7.08. The summed E-state index contributed by atoms with van der Waals surface area (Å²) in [6.07, 6.45) is -1.04. The number of nitrogens with one attached hydrogen (secondary N) is 2. The van der Waals surface area contributed by atoms with Gasteiger partial charge in [-0.1, -0.05) is 0 Å². The third-order valence-corrected chi connectivity index (χ3v) is 2.49. The molecule has 0 saturated heterocycles. The number of nitro benzene ring substituents is 1. The molecule has 0 aliphatic heterocycles. The predicted octanol–water partition coefficient (Wildman–Crippen LogP) is 0.826. The maximum Gasteiger partial charge on any atom is 0.321 e. The van der Waals surface area contributed by atoms with Gasteiger partial charge >= 0.3 is 6.03 Å². The van der Waals surface area contributed by atoms with Crippen molar-refractivity contribution in [3.8, 4) is 11.5 Å². The van der Waals surface area contributed by atoms with Crippen LogP contribution in [0.15, 0.2) is 18.2 Å². The van der Waals surface area contributed by atoms with Crippen molar-refractivity contribution in [2.45, 2.75) is 13.0 Å². The average molecular weight is 297 g/mol. The summed E-state index contributed by atoms with van der Waals surface area (Å²) in [4.78, 5) is 32.8. The number of methoxy groups -OCH3 is 1. The standard InChI is InChI=1S/C12H15N3O6/c1-7(11(16)14-12(17)13-2)21-10-6-8(15(18)19)4-5-9(10)20-3/h4-7H,1-3H3,(H2,13,14,16,17). The summed E-state index contributed by atoms with van der Waals surface area (Å²) in [6, 6.07) is 3.07. The van der Waals surface area contributed by atoms with Crippen LogP contribution in [0.3, 0.4) is 0 Å². The van der Waals surface area contributed by atoms with Crippen LogP contribution in [-0.2, 0) is 4.79 Å². The van der Waals surface area contributed by atoms with E-state index in [0.29, 0.717) is 0 Å². The second-order valence-electron chi connectivity index (χ2n) is 3.92. The monoisotopic (exact) mass is 297 g/mol. The minimum atomic E-state index is -1.04. The van der Waals surface area contributed by atoms with Gasteiger partial charge in [0.05, 0.1) is 18.1 Å². The molecule has 0 radical (unpaired) electrons. The van der Waals surface area contributed by atoms with Crippen molar-refractivity contribution in [2.75, 3.05) is 14.2 Å². The number of hydrogen-bond acceptors (Lipinski definition) is 6. The van der Waals surface area contributed by atoms with Crippen molar-refractivity contribution in [3.05, 3.63) is 28.3 Å². The van der Waals surface area contributed by atoms with Gasteiger partial charge in [0.25, 0.3) is 11.6 Å². The van der Waals surface area contributed by atoms with E-state index >= 15 is 0 Å². The van der Waals surface area contributed by atoms with Gasteiger partial charge in [-0.15, -0.1) is 0 Å². The highest BCUT2D eigenvalue weighted by molar-refractivity contribution is 5.96. The molecule has 0 saturated carbocycles. The number of rotatable bonds is 5. The Kier molecular flexibility index (Phi) is 5.47. The van der Waals surface area contributed by atoms with Crippen LogP contribution < -0.4 is 20.1 Å². The molecule has 1 atom stereocenters.